The van der Waals surface area contributed by atoms with Crippen LogP contribution in [0.1, 0.15) is 47.8 Å². The standard InChI is InChI=1S/C33H39F3N6O2.C3H6/c1-6-25(31(42(5)21-43)39-23(3)38-28-12-7-9-24(17-28)15-16-37)20-41(4)30-19-29(14-13-22(30)2)40-32(44)26-10-8-11-27(18-26)33(34,35)36;1-3-2/h6-14,17-19,21,23,38H,15-16,20,37H2,1-5H3,(H,40,44);3H,1H2,2H3/b25-6-,39-31+;. The van der Waals surface area contributed by atoms with Gasteiger partial charge < -0.3 is 26.2 Å². The third kappa shape index (κ3) is 11.8. The van der Waals surface area contributed by atoms with Crippen LogP contribution in [-0.2, 0) is 17.4 Å². The van der Waals surface area contributed by atoms with Crippen molar-refractivity contribution in [1.82, 2.24) is 4.90 Å². The van der Waals surface area contributed by atoms with Crippen LogP contribution in [0.3, 0.4) is 0 Å². The molecule has 0 aromatic heterocycles. The van der Waals surface area contributed by atoms with Gasteiger partial charge in [-0.2, -0.15) is 13.2 Å². The van der Waals surface area contributed by atoms with E-state index in [1.54, 1.807) is 25.3 Å². The molecular formula is C36H45F3N6O2. The average Bonchev–Trinajstić information content (AvgIpc) is 3.03. The molecule has 252 valence electrons. The molecule has 1 unspecified atom stereocenters. The molecule has 11 heteroatoms. The second kappa shape index (κ2) is 18.3. The molecule has 0 heterocycles. The van der Waals surface area contributed by atoms with E-state index in [0.717, 1.165) is 46.6 Å². The van der Waals surface area contributed by atoms with Crippen LogP contribution in [0, 0.1) is 6.92 Å². The van der Waals surface area contributed by atoms with E-state index in [4.69, 9.17) is 10.7 Å². The maximum Gasteiger partial charge on any atom is 0.416 e. The number of nitrogens with zero attached hydrogens (tertiary/aromatic N) is 3. The van der Waals surface area contributed by atoms with E-state index in [1.807, 2.05) is 76.1 Å². The van der Waals surface area contributed by atoms with Crippen molar-refractivity contribution in [3.63, 3.8) is 0 Å². The van der Waals surface area contributed by atoms with Gasteiger partial charge in [0, 0.05) is 48.8 Å². The number of carbonyl (C=O) groups excluding carboxylic acids is 2. The van der Waals surface area contributed by atoms with E-state index in [-0.39, 0.29) is 11.7 Å². The highest BCUT2D eigenvalue weighted by Gasteiger charge is 2.31. The van der Waals surface area contributed by atoms with Crippen molar-refractivity contribution < 1.29 is 22.8 Å². The minimum atomic E-state index is -4.55. The van der Waals surface area contributed by atoms with Gasteiger partial charge in [0.25, 0.3) is 5.91 Å². The molecule has 2 amide bonds. The van der Waals surface area contributed by atoms with Crippen LogP contribution < -0.4 is 21.3 Å². The summed E-state index contributed by atoms with van der Waals surface area (Å²) in [4.78, 5) is 32.8. The highest BCUT2D eigenvalue weighted by Crippen LogP contribution is 2.30. The number of amides is 2. The number of anilines is 3. The van der Waals surface area contributed by atoms with Crippen molar-refractivity contribution in [1.29, 1.82) is 0 Å². The number of aryl methyl sites for hydroxylation is 1. The van der Waals surface area contributed by atoms with Crippen LogP contribution in [0.15, 0.2) is 96.0 Å². The van der Waals surface area contributed by atoms with E-state index < -0.39 is 17.6 Å². The second-order valence-electron chi connectivity index (χ2n) is 10.8. The summed E-state index contributed by atoms with van der Waals surface area (Å²) in [6, 6.07) is 17.5. The first-order valence-corrected chi connectivity index (χ1v) is 15.1. The van der Waals surface area contributed by atoms with Gasteiger partial charge in [-0.15, -0.1) is 6.58 Å². The molecule has 0 saturated carbocycles. The highest BCUT2D eigenvalue weighted by molar-refractivity contribution is 6.05. The summed E-state index contributed by atoms with van der Waals surface area (Å²) in [7, 11) is 3.51. The number of nitrogens with two attached hydrogens (primary N) is 1. The van der Waals surface area contributed by atoms with Gasteiger partial charge in [0.05, 0.1) is 5.56 Å². The minimum Gasteiger partial charge on any atom is -0.370 e. The summed E-state index contributed by atoms with van der Waals surface area (Å²) in [5, 5.41) is 6.06. The Morgan fingerprint density at radius 3 is 2.34 bits per heavy atom. The molecule has 3 aromatic carbocycles. The molecule has 0 saturated heterocycles. The van der Waals surface area contributed by atoms with Crippen LogP contribution in [0.2, 0.25) is 0 Å². The van der Waals surface area contributed by atoms with Crippen molar-refractivity contribution in [3.05, 3.63) is 113 Å². The first-order chi connectivity index (χ1) is 22.3. The molecule has 0 spiro atoms. The largest absolute Gasteiger partial charge is 0.416 e. The predicted octanol–water partition coefficient (Wildman–Crippen LogP) is 7.29. The Bertz CT molecular complexity index is 1570. The summed E-state index contributed by atoms with van der Waals surface area (Å²) in [5.41, 5.74) is 9.60. The number of amidine groups is 1. The highest BCUT2D eigenvalue weighted by atomic mass is 19.4. The van der Waals surface area contributed by atoms with Crippen LogP contribution in [0.5, 0.6) is 0 Å². The number of aliphatic imine (C=N–C) groups is 1. The zero-order valence-electron chi connectivity index (χ0n) is 27.9. The number of hydrogen-bond acceptors (Lipinski definition) is 6. The van der Waals surface area contributed by atoms with Crippen molar-refractivity contribution in [3.8, 4) is 0 Å². The molecule has 8 nitrogen and oxygen atoms in total. The second-order valence-corrected chi connectivity index (χ2v) is 10.8. The Kier molecular flexibility index (Phi) is 14.9. The van der Waals surface area contributed by atoms with Gasteiger partial charge in [-0.1, -0.05) is 36.4 Å². The third-order valence-corrected chi connectivity index (χ3v) is 6.92. The first kappa shape index (κ1) is 38.3. The van der Waals surface area contributed by atoms with E-state index >= 15 is 0 Å². The van der Waals surface area contributed by atoms with E-state index in [2.05, 4.69) is 17.2 Å². The number of carbonyl (C=O) groups is 2. The van der Waals surface area contributed by atoms with Crippen LogP contribution in [-0.4, -0.2) is 56.4 Å². The Balaban J connectivity index is 0.00000246. The predicted molar refractivity (Wildman–Crippen MR) is 187 cm³/mol. The van der Waals surface area contributed by atoms with Gasteiger partial charge in [0.2, 0.25) is 6.41 Å². The Morgan fingerprint density at radius 2 is 1.72 bits per heavy atom. The molecule has 1 atom stereocenters. The summed E-state index contributed by atoms with van der Waals surface area (Å²) >= 11 is 0. The number of hydrogen-bond donors (Lipinski definition) is 3. The van der Waals surface area contributed by atoms with Crippen molar-refractivity contribution in [2.24, 2.45) is 10.7 Å². The molecule has 0 radical (unpaired) electrons. The summed E-state index contributed by atoms with van der Waals surface area (Å²) < 4.78 is 39.4. The smallest absolute Gasteiger partial charge is 0.370 e. The molecule has 4 N–H and O–H groups in total. The number of likely N-dealkylation sites (N-methyl/N-ethyl adjacent to an activating group) is 2. The SMILES string of the molecule is C/C=C(CN(C)c1cc(NC(=O)c2cccc(C(F)(F)F)c2)ccc1C)\C(=N/C(C)Nc1cccc(CCN)c1)N(C)C=O.C=CC. The van der Waals surface area contributed by atoms with Crippen LogP contribution in [0.25, 0.3) is 0 Å². The number of rotatable bonds is 12. The van der Waals surface area contributed by atoms with Crippen molar-refractivity contribution in [2.75, 3.05) is 42.7 Å². The number of alkyl halides is 3. The molecular weight excluding hydrogens is 605 g/mol. The monoisotopic (exact) mass is 650 g/mol. The molecule has 0 aliphatic rings. The topological polar surface area (TPSA) is 103 Å². The van der Waals surface area contributed by atoms with Crippen molar-refractivity contribution >= 4 is 35.2 Å². The fraction of sp³-hybridized carbons (Fsp3) is 0.306. The van der Waals surface area contributed by atoms with Gasteiger partial charge in [-0.25, -0.2) is 4.99 Å². The normalized spacial score (nSPS) is 12.3. The minimum absolute atomic E-state index is 0.0990. The lowest BCUT2D eigenvalue weighted by Crippen LogP contribution is -2.34. The van der Waals surface area contributed by atoms with E-state index in [9.17, 15) is 22.8 Å². The van der Waals surface area contributed by atoms with Crippen LogP contribution >= 0.6 is 0 Å². The van der Waals surface area contributed by atoms with Gasteiger partial charge in [0.1, 0.15) is 12.0 Å². The van der Waals surface area contributed by atoms with Gasteiger partial charge in [-0.05, 0) is 94.3 Å². The molecule has 0 bridgehead atoms. The maximum atomic E-state index is 13.1. The number of nitrogens with one attached hydrogen (secondary N) is 2. The number of allylic oxidation sites excluding steroid dienone is 2. The molecule has 0 aliphatic carbocycles. The molecule has 47 heavy (non-hydrogen) atoms. The van der Waals surface area contributed by atoms with Gasteiger partial charge >= 0.3 is 6.18 Å². The fourth-order valence-corrected chi connectivity index (χ4v) is 4.66. The van der Waals surface area contributed by atoms with Gasteiger partial charge in [0.15, 0.2) is 0 Å². The lowest BCUT2D eigenvalue weighted by atomic mass is 10.1. The van der Waals surface area contributed by atoms with Gasteiger partial charge in [-0.3, -0.25) is 9.59 Å². The number of halogens is 3. The summed E-state index contributed by atoms with van der Waals surface area (Å²) in [5.74, 6) is -0.168. The fourth-order valence-electron chi connectivity index (χ4n) is 4.66. The first-order valence-electron chi connectivity index (χ1n) is 15.1. The molecule has 3 aromatic rings. The summed E-state index contributed by atoms with van der Waals surface area (Å²) in [6.45, 7) is 11.8. The molecule has 3 rings (SSSR count). The Labute approximate surface area is 275 Å². The zero-order valence-corrected chi connectivity index (χ0v) is 27.9. The lowest BCUT2D eigenvalue weighted by molar-refractivity contribution is -0.137. The maximum absolute atomic E-state index is 13.1. The van der Waals surface area contributed by atoms with E-state index in [0.29, 0.717) is 31.0 Å². The van der Waals surface area contributed by atoms with Crippen molar-refractivity contribution in [2.45, 2.75) is 46.5 Å². The lowest BCUT2D eigenvalue weighted by Gasteiger charge is -2.27. The quantitative estimate of drug-likeness (QED) is 0.0827. The number of benzene rings is 3. The third-order valence-electron chi connectivity index (χ3n) is 6.92. The molecule has 0 fully saturated rings. The Hall–Kier alpha value is -4.90. The average molecular weight is 651 g/mol. The molecule has 0 aliphatic heterocycles. The zero-order chi connectivity index (χ0) is 35.1. The van der Waals surface area contributed by atoms with E-state index in [1.165, 1.54) is 17.0 Å². The van der Waals surface area contributed by atoms with Crippen LogP contribution in [0.4, 0.5) is 30.2 Å². The summed E-state index contributed by atoms with van der Waals surface area (Å²) in [6.07, 6.45) is 0.183. The Morgan fingerprint density at radius 1 is 1.04 bits per heavy atom.